The van der Waals surface area contributed by atoms with E-state index in [2.05, 4.69) is 11.7 Å². The zero-order valence-corrected chi connectivity index (χ0v) is 13.1. The Hall–Kier alpha value is 0.260. The second kappa shape index (κ2) is 13.3. The Balaban J connectivity index is 2.96. The predicted molar refractivity (Wildman–Crippen MR) is 70.0 cm³/mol. The van der Waals surface area contributed by atoms with Crippen LogP contribution in [0.25, 0.3) is 0 Å². The van der Waals surface area contributed by atoms with Gasteiger partial charge in [0.05, 0.1) is 0 Å². The van der Waals surface area contributed by atoms with Crippen molar-refractivity contribution < 1.29 is 9.53 Å². The number of esters is 1. The molecule has 16 heavy (non-hydrogen) atoms. The quantitative estimate of drug-likeness (QED) is 0.324. The third-order valence-corrected chi connectivity index (χ3v) is 5.84. The van der Waals surface area contributed by atoms with Gasteiger partial charge < -0.3 is 0 Å². The topological polar surface area (TPSA) is 26.3 Å². The fourth-order valence-corrected chi connectivity index (χ4v) is 4.40. The molecule has 0 saturated heterocycles. The van der Waals surface area contributed by atoms with Gasteiger partial charge in [0.25, 0.3) is 0 Å². The summed E-state index contributed by atoms with van der Waals surface area (Å²) in [7, 11) is 1.47. The van der Waals surface area contributed by atoms with Crippen molar-refractivity contribution in [2.45, 2.75) is 67.2 Å². The van der Waals surface area contributed by atoms with Crippen molar-refractivity contribution >= 4 is 26.9 Å². The van der Waals surface area contributed by atoms with E-state index in [0.29, 0.717) is 6.42 Å². The Labute approximate surface area is 111 Å². The number of carbonyl (C=O) groups excluding carboxylic acids is 1. The van der Waals surface area contributed by atoms with E-state index >= 15 is 0 Å². The van der Waals surface area contributed by atoms with Crippen molar-refractivity contribution in [3.8, 4) is 0 Å². The molecule has 0 unspecified atom stereocenters. The van der Waals surface area contributed by atoms with Crippen LogP contribution in [0.5, 0.6) is 0 Å². The molecule has 0 aromatic heterocycles. The predicted octanol–water partition coefficient (Wildman–Crippen LogP) is 3.84. The fraction of sp³-hybridized carbons (Fsp3) is 0.923. The molecule has 0 aromatic rings. The third-order valence-electron chi connectivity index (χ3n) is 2.54. The van der Waals surface area contributed by atoms with E-state index in [1.807, 2.05) is 0 Å². The van der Waals surface area contributed by atoms with Crippen LogP contribution in [0.4, 0.5) is 0 Å². The summed E-state index contributed by atoms with van der Waals surface area (Å²) in [6.07, 6.45) is 9.90. The van der Waals surface area contributed by atoms with Gasteiger partial charge in [0.1, 0.15) is 0 Å². The molecule has 0 rings (SSSR count). The summed E-state index contributed by atoms with van der Waals surface area (Å²) in [6, 6.07) is 0. The maximum absolute atomic E-state index is 10.8. The molecule has 3 heteroatoms. The molecule has 0 heterocycles. The number of ether oxygens (including phenoxy) is 1. The maximum atomic E-state index is 10.8. The molecule has 0 bridgehead atoms. The van der Waals surface area contributed by atoms with Crippen LogP contribution in [-0.4, -0.2) is 34.0 Å². The van der Waals surface area contributed by atoms with Gasteiger partial charge in [-0.3, -0.25) is 0 Å². The molecule has 0 amide bonds. The van der Waals surface area contributed by atoms with E-state index in [4.69, 9.17) is 0 Å². The van der Waals surface area contributed by atoms with Gasteiger partial charge in [-0.2, -0.15) is 0 Å². The number of unbranched alkanes of at least 4 members (excludes halogenated alkanes) is 5. The van der Waals surface area contributed by atoms with Crippen molar-refractivity contribution in [3.05, 3.63) is 0 Å². The van der Waals surface area contributed by atoms with Crippen molar-refractivity contribution in [3.63, 3.8) is 0 Å². The average molecular weight is 342 g/mol. The van der Waals surface area contributed by atoms with E-state index in [1.165, 1.54) is 54.6 Å². The van der Waals surface area contributed by atoms with E-state index in [-0.39, 0.29) is 26.9 Å². The minimum absolute atomic E-state index is 0.0554. The molecular formula is C13H26O2Te. The van der Waals surface area contributed by atoms with E-state index in [1.54, 1.807) is 0 Å². The van der Waals surface area contributed by atoms with Crippen LogP contribution < -0.4 is 0 Å². The second-order valence-electron chi connectivity index (χ2n) is 4.06. The molecule has 0 atom stereocenters. The van der Waals surface area contributed by atoms with Gasteiger partial charge in [-0.1, -0.05) is 0 Å². The van der Waals surface area contributed by atoms with Crippen LogP contribution >= 0.6 is 0 Å². The molecule has 0 aliphatic rings. The molecule has 0 aliphatic carbocycles. The molecule has 0 fully saturated rings. The number of methoxy groups -OCH3 is 1. The summed E-state index contributed by atoms with van der Waals surface area (Å²) in [4.78, 5) is 10.8. The Morgan fingerprint density at radius 1 is 1.00 bits per heavy atom. The van der Waals surface area contributed by atoms with Gasteiger partial charge in [0, 0.05) is 0 Å². The Morgan fingerprint density at radius 3 is 2.25 bits per heavy atom. The number of hydrogen-bond donors (Lipinski definition) is 0. The van der Waals surface area contributed by atoms with Gasteiger partial charge in [-0.05, 0) is 0 Å². The van der Waals surface area contributed by atoms with Gasteiger partial charge in [0.2, 0.25) is 0 Å². The van der Waals surface area contributed by atoms with Crippen molar-refractivity contribution in [1.29, 1.82) is 0 Å². The fourth-order valence-electron chi connectivity index (χ4n) is 1.49. The number of hydrogen-bond acceptors (Lipinski definition) is 2. The van der Waals surface area contributed by atoms with Crippen LogP contribution in [0.2, 0.25) is 8.94 Å². The molecule has 0 radical (unpaired) electrons. The Kier molecular flexibility index (Phi) is 13.5. The number of rotatable bonds is 11. The molecule has 0 spiro atoms. The van der Waals surface area contributed by atoms with Gasteiger partial charge in [0.15, 0.2) is 0 Å². The first-order chi connectivity index (χ1) is 7.81. The summed E-state index contributed by atoms with van der Waals surface area (Å²) in [5.41, 5.74) is 0. The zero-order chi connectivity index (χ0) is 12.1. The molecule has 0 N–H and O–H groups in total. The van der Waals surface area contributed by atoms with E-state index in [9.17, 15) is 4.79 Å². The molecule has 0 saturated carbocycles. The molecule has 0 aliphatic heterocycles. The van der Waals surface area contributed by atoms with Gasteiger partial charge >= 0.3 is 111 Å². The standard InChI is InChI=1S/C13H26O2Te/c1-3-4-5-6-8-11-16-12-9-7-10-13(14)15-2/h3-12H2,1-2H3. The summed E-state index contributed by atoms with van der Waals surface area (Å²) in [5, 5.41) is 0. The average Bonchev–Trinajstić information content (AvgIpc) is 2.31. The van der Waals surface area contributed by atoms with Crippen molar-refractivity contribution in [2.75, 3.05) is 7.11 Å². The first-order valence-electron chi connectivity index (χ1n) is 6.45. The minimum atomic E-state index is -0.0554. The van der Waals surface area contributed by atoms with Crippen LogP contribution in [0.15, 0.2) is 0 Å². The van der Waals surface area contributed by atoms with Crippen LogP contribution in [-0.2, 0) is 9.53 Å². The zero-order valence-electron chi connectivity index (χ0n) is 10.8. The SMILES string of the molecule is CCCCCCC[Te]CCCCC(=O)OC. The monoisotopic (exact) mass is 344 g/mol. The van der Waals surface area contributed by atoms with E-state index in [0.717, 1.165) is 6.42 Å². The molecular weight excluding hydrogens is 316 g/mol. The first kappa shape index (κ1) is 16.3. The number of carbonyl (C=O) groups is 1. The molecule has 96 valence electrons. The Bertz CT molecular complexity index is 160. The normalized spacial score (nSPS) is 10.4. The van der Waals surface area contributed by atoms with Crippen molar-refractivity contribution in [2.24, 2.45) is 0 Å². The summed E-state index contributed by atoms with van der Waals surface area (Å²) < 4.78 is 7.50. The van der Waals surface area contributed by atoms with Crippen LogP contribution in [0.1, 0.15) is 58.3 Å². The first-order valence-corrected chi connectivity index (χ1v) is 9.75. The van der Waals surface area contributed by atoms with E-state index < -0.39 is 0 Å². The summed E-state index contributed by atoms with van der Waals surface area (Å²) in [5.74, 6) is -0.0554. The molecule has 2 nitrogen and oxygen atoms in total. The third kappa shape index (κ3) is 12.3. The van der Waals surface area contributed by atoms with Crippen molar-refractivity contribution in [1.82, 2.24) is 0 Å². The second-order valence-corrected chi connectivity index (χ2v) is 7.56. The summed E-state index contributed by atoms with van der Waals surface area (Å²) in [6.45, 7) is 2.26. The molecule has 0 aromatic carbocycles. The summed E-state index contributed by atoms with van der Waals surface area (Å²) >= 11 is 0.248. The van der Waals surface area contributed by atoms with Crippen LogP contribution in [0, 0.1) is 0 Å². The van der Waals surface area contributed by atoms with Gasteiger partial charge in [-0.15, -0.1) is 0 Å². The van der Waals surface area contributed by atoms with Crippen LogP contribution in [0.3, 0.4) is 0 Å². The Morgan fingerprint density at radius 2 is 1.62 bits per heavy atom. The van der Waals surface area contributed by atoms with Gasteiger partial charge in [-0.25, -0.2) is 0 Å².